The highest BCUT2D eigenvalue weighted by atomic mass is 19.1. The molecule has 0 saturated carbocycles. The molecule has 5 N–H and O–H groups in total. The molecule has 3 rings (SSSR count). The zero-order valence-electron chi connectivity index (χ0n) is 14.6. The Morgan fingerprint density at radius 1 is 1.19 bits per heavy atom. The number of halogens is 1. The molecule has 1 aromatic heterocycles. The highest BCUT2D eigenvalue weighted by molar-refractivity contribution is 5.90. The molecule has 0 fully saturated rings. The van der Waals surface area contributed by atoms with E-state index < -0.39 is 11.8 Å². The van der Waals surface area contributed by atoms with Crippen LogP contribution in [0.5, 0.6) is 5.75 Å². The number of aromatic nitrogens is 2. The van der Waals surface area contributed by atoms with Crippen LogP contribution in [0.25, 0.3) is 11.1 Å². The van der Waals surface area contributed by atoms with Gasteiger partial charge in [0.1, 0.15) is 11.6 Å². The van der Waals surface area contributed by atoms with Gasteiger partial charge >= 0.3 is 6.03 Å². The number of hydrazine groups is 2. The zero-order chi connectivity index (χ0) is 19.4. The molecule has 3 aromatic rings. The SMILES string of the molecule is COc1cc(F)cc(CN(N)C(=O)N(N)c2ccc(-c3cn[nH]c3)cc2)c1. The second-order valence-corrected chi connectivity index (χ2v) is 5.81. The van der Waals surface area contributed by atoms with E-state index in [-0.39, 0.29) is 6.54 Å². The summed E-state index contributed by atoms with van der Waals surface area (Å²) in [5, 5.41) is 8.46. The van der Waals surface area contributed by atoms with Crippen molar-refractivity contribution in [1.82, 2.24) is 15.2 Å². The summed E-state index contributed by atoms with van der Waals surface area (Å²) in [7, 11) is 1.43. The number of hydrogen-bond acceptors (Lipinski definition) is 5. The van der Waals surface area contributed by atoms with Gasteiger partial charge in [0.25, 0.3) is 0 Å². The number of amides is 2. The lowest BCUT2D eigenvalue weighted by molar-refractivity contribution is 0.203. The summed E-state index contributed by atoms with van der Waals surface area (Å²) in [5.41, 5.74) is 2.77. The van der Waals surface area contributed by atoms with E-state index in [1.807, 2.05) is 12.1 Å². The fraction of sp³-hybridized carbons (Fsp3) is 0.111. The van der Waals surface area contributed by atoms with Gasteiger partial charge in [-0.1, -0.05) is 12.1 Å². The molecule has 140 valence electrons. The number of benzene rings is 2. The molecular weight excluding hydrogens is 351 g/mol. The van der Waals surface area contributed by atoms with Gasteiger partial charge in [0, 0.05) is 17.8 Å². The number of nitrogens with two attached hydrogens (primary N) is 2. The van der Waals surface area contributed by atoms with Crippen LogP contribution in [0.2, 0.25) is 0 Å². The Morgan fingerprint density at radius 2 is 1.93 bits per heavy atom. The number of ether oxygens (including phenoxy) is 1. The molecule has 0 radical (unpaired) electrons. The number of hydrogen-bond donors (Lipinski definition) is 3. The quantitative estimate of drug-likeness (QED) is 0.363. The topological polar surface area (TPSA) is 114 Å². The minimum Gasteiger partial charge on any atom is -0.497 e. The van der Waals surface area contributed by atoms with Crippen LogP contribution >= 0.6 is 0 Å². The number of urea groups is 1. The van der Waals surface area contributed by atoms with E-state index in [1.165, 1.54) is 19.2 Å². The number of carbonyl (C=O) groups excluding carboxylic acids is 1. The molecule has 0 unspecified atom stereocenters. The normalized spacial score (nSPS) is 10.5. The summed E-state index contributed by atoms with van der Waals surface area (Å²) >= 11 is 0. The van der Waals surface area contributed by atoms with Gasteiger partial charge in [-0.3, -0.25) is 10.1 Å². The van der Waals surface area contributed by atoms with Crippen molar-refractivity contribution in [2.75, 3.05) is 12.1 Å². The molecule has 9 heteroatoms. The summed E-state index contributed by atoms with van der Waals surface area (Å²) in [5.74, 6) is 11.6. The number of carbonyl (C=O) groups is 1. The van der Waals surface area contributed by atoms with Crippen molar-refractivity contribution in [3.8, 4) is 16.9 Å². The van der Waals surface area contributed by atoms with Crippen LogP contribution < -0.4 is 21.4 Å². The zero-order valence-corrected chi connectivity index (χ0v) is 14.6. The Bertz CT molecular complexity index is 914. The summed E-state index contributed by atoms with van der Waals surface area (Å²) in [6.07, 6.45) is 3.45. The fourth-order valence-electron chi connectivity index (χ4n) is 2.57. The van der Waals surface area contributed by atoms with E-state index in [4.69, 9.17) is 16.4 Å². The van der Waals surface area contributed by atoms with Crippen LogP contribution in [0.1, 0.15) is 5.56 Å². The molecule has 0 aliphatic rings. The van der Waals surface area contributed by atoms with Crippen molar-refractivity contribution in [2.45, 2.75) is 6.54 Å². The molecular formula is C18H19FN6O2. The number of rotatable bonds is 5. The van der Waals surface area contributed by atoms with Crippen LogP contribution in [0, 0.1) is 5.82 Å². The second kappa shape index (κ2) is 7.85. The van der Waals surface area contributed by atoms with Crippen molar-refractivity contribution in [3.63, 3.8) is 0 Å². The number of aromatic amines is 1. The van der Waals surface area contributed by atoms with Crippen molar-refractivity contribution >= 4 is 11.7 Å². The lowest BCUT2D eigenvalue weighted by atomic mass is 10.1. The van der Waals surface area contributed by atoms with Crippen LogP contribution in [0.4, 0.5) is 14.9 Å². The van der Waals surface area contributed by atoms with Gasteiger partial charge in [0.2, 0.25) is 0 Å². The number of nitrogens with one attached hydrogen (secondary N) is 1. The lowest BCUT2D eigenvalue weighted by Crippen LogP contribution is -2.50. The summed E-state index contributed by atoms with van der Waals surface area (Å²) in [6.45, 7) is -0.0340. The number of H-pyrrole nitrogens is 1. The van der Waals surface area contributed by atoms with Gasteiger partial charge < -0.3 is 4.74 Å². The predicted molar refractivity (Wildman–Crippen MR) is 98.8 cm³/mol. The molecule has 1 heterocycles. The highest BCUT2D eigenvalue weighted by Crippen LogP contribution is 2.22. The molecule has 0 bridgehead atoms. The summed E-state index contributed by atoms with van der Waals surface area (Å²) in [4.78, 5) is 12.5. The average Bonchev–Trinajstić information content (AvgIpc) is 3.21. The maximum Gasteiger partial charge on any atom is 0.353 e. The third-order valence-corrected chi connectivity index (χ3v) is 3.95. The minimum absolute atomic E-state index is 0.0340. The van der Waals surface area contributed by atoms with Crippen molar-refractivity contribution in [3.05, 3.63) is 66.2 Å². The van der Waals surface area contributed by atoms with Gasteiger partial charge in [0.15, 0.2) is 0 Å². The Labute approximate surface area is 155 Å². The first kappa shape index (κ1) is 18.4. The summed E-state index contributed by atoms with van der Waals surface area (Å²) in [6, 6.07) is 10.5. The Morgan fingerprint density at radius 3 is 2.56 bits per heavy atom. The van der Waals surface area contributed by atoms with E-state index in [0.717, 1.165) is 21.1 Å². The van der Waals surface area contributed by atoms with Gasteiger partial charge in [-0.15, -0.1) is 0 Å². The Kier molecular flexibility index (Phi) is 5.34. The maximum atomic E-state index is 13.6. The molecule has 27 heavy (non-hydrogen) atoms. The molecule has 0 spiro atoms. The van der Waals surface area contributed by atoms with Crippen LogP contribution in [-0.2, 0) is 6.54 Å². The molecule has 0 atom stereocenters. The van der Waals surface area contributed by atoms with Gasteiger partial charge in [-0.2, -0.15) is 5.10 Å². The third kappa shape index (κ3) is 4.22. The number of anilines is 1. The first-order chi connectivity index (χ1) is 13.0. The van der Waals surface area contributed by atoms with Crippen LogP contribution in [0.15, 0.2) is 54.9 Å². The van der Waals surface area contributed by atoms with E-state index >= 15 is 0 Å². The standard InChI is InChI=1S/C18H19FN6O2/c1-27-17-7-12(6-15(19)8-17)11-24(20)18(26)25(21)16-4-2-13(3-5-16)14-9-22-23-10-14/h2-10H,11,20-21H2,1H3,(H,22,23). The second-order valence-electron chi connectivity index (χ2n) is 5.81. The minimum atomic E-state index is -0.644. The Balaban J connectivity index is 1.70. The van der Waals surface area contributed by atoms with E-state index in [9.17, 15) is 9.18 Å². The Hall–Kier alpha value is -3.43. The van der Waals surface area contributed by atoms with Gasteiger partial charge in [-0.25, -0.2) is 25.9 Å². The van der Waals surface area contributed by atoms with Crippen LogP contribution in [0.3, 0.4) is 0 Å². The molecule has 8 nitrogen and oxygen atoms in total. The van der Waals surface area contributed by atoms with Crippen molar-refractivity contribution in [2.24, 2.45) is 11.7 Å². The van der Waals surface area contributed by atoms with Crippen LogP contribution in [-0.4, -0.2) is 28.3 Å². The maximum absolute atomic E-state index is 13.6. The third-order valence-electron chi connectivity index (χ3n) is 3.95. The smallest absolute Gasteiger partial charge is 0.353 e. The van der Waals surface area contributed by atoms with Gasteiger partial charge in [0.05, 0.1) is 25.5 Å². The lowest BCUT2D eigenvalue weighted by Gasteiger charge is -2.24. The largest absolute Gasteiger partial charge is 0.497 e. The summed E-state index contributed by atoms with van der Waals surface area (Å²) < 4.78 is 18.6. The highest BCUT2D eigenvalue weighted by Gasteiger charge is 2.18. The molecule has 2 amide bonds. The molecule has 0 saturated heterocycles. The monoisotopic (exact) mass is 370 g/mol. The number of nitrogens with zero attached hydrogens (tertiary/aromatic N) is 3. The van der Waals surface area contributed by atoms with E-state index in [2.05, 4.69) is 10.2 Å². The molecule has 2 aromatic carbocycles. The van der Waals surface area contributed by atoms with E-state index in [1.54, 1.807) is 30.6 Å². The van der Waals surface area contributed by atoms with Crippen molar-refractivity contribution in [1.29, 1.82) is 0 Å². The van der Waals surface area contributed by atoms with E-state index in [0.29, 0.717) is 17.0 Å². The molecule has 0 aliphatic heterocycles. The molecule has 0 aliphatic carbocycles. The van der Waals surface area contributed by atoms with Crippen molar-refractivity contribution < 1.29 is 13.9 Å². The fourth-order valence-corrected chi connectivity index (χ4v) is 2.57. The first-order valence-corrected chi connectivity index (χ1v) is 8.01. The first-order valence-electron chi connectivity index (χ1n) is 8.01. The number of methoxy groups -OCH3 is 1. The predicted octanol–water partition coefficient (Wildman–Crippen LogP) is 2.40. The van der Waals surface area contributed by atoms with Gasteiger partial charge in [-0.05, 0) is 35.4 Å². The average molecular weight is 370 g/mol.